The van der Waals surface area contributed by atoms with Gasteiger partial charge in [-0.3, -0.25) is 4.79 Å². The first kappa shape index (κ1) is 13.7. The van der Waals surface area contributed by atoms with E-state index in [1.54, 1.807) is 6.07 Å². The number of halogens is 3. The lowest BCUT2D eigenvalue weighted by molar-refractivity contribution is -0.136. The predicted molar refractivity (Wildman–Crippen MR) is 75.5 cm³/mol. The summed E-state index contributed by atoms with van der Waals surface area (Å²) < 4.78 is 41.3. The van der Waals surface area contributed by atoms with E-state index in [-0.39, 0.29) is 10.9 Å². The molecule has 0 spiro atoms. The maximum Gasteiger partial charge on any atom is 0.417 e. The number of pyridine rings is 1. The fraction of sp³-hybridized carbons (Fsp3) is 0.267. The van der Waals surface area contributed by atoms with E-state index in [1.807, 2.05) is 25.5 Å². The Morgan fingerprint density at radius 1 is 1.10 bits per heavy atom. The minimum absolute atomic E-state index is 0.0169. The standard InChI is InChI=1S/C15H13F3N2O/c1-7-8(2)20(3)13-6-12-10(4-9(7)13)11(15(16,17)18)5-14(21)19-12/h4-6H,1-3H3,(H,19,21). The van der Waals surface area contributed by atoms with Gasteiger partial charge in [0.1, 0.15) is 0 Å². The Bertz CT molecular complexity index is 932. The largest absolute Gasteiger partial charge is 0.417 e. The van der Waals surface area contributed by atoms with Gasteiger partial charge in [-0.2, -0.15) is 13.2 Å². The number of nitrogens with zero attached hydrogens (tertiary/aromatic N) is 1. The quantitative estimate of drug-likeness (QED) is 0.675. The molecule has 0 atom stereocenters. The Balaban J connectivity index is 2.55. The first-order valence-electron chi connectivity index (χ1n) is 6.40. The molecule has 1 aromatic carbocycles. The number of fused-ring (bicyclic) bond motifs is 2. The van der Waals surface area contributed by atoms with Crippen molar-refractivity contribution in [3.63, 3.8) is 0 Å². The molecule has 1 N–H and O–H groups in total. The van der Waals surface area contributed by atoms with Gasteiger partial charge in [0.2, 0.25) is 5.56 Å². The summed E-state index contributed by atoms with van der Waals surface area (Å²) in [5, 5.41) is 0.781. The summed E-state index contributed by atoms with van der Waals surface area (Å²) in [4.78, 5) is 14.0. The molecule has 0 aliphatic carbocycles. The van der Waals surface area contributed by atoms with Crippen LogP contribution >= 0.6 is 0 Å². The minimum atomic E-state index is -4.56. The summed E-state index contributed by atoms with van der Waals surface area (Å²) in [5.74, 6) is 0. The van der Waals surface area contributed by atoms with E-state index >= 15 is 0 Å². The van der Waals surface area contributed by atoms with Crippen LogP contribution in [0.25, 0.3) is 21.8 Å². The number of hydrogen-bond acceptors (Lipinski definition) is 1. The van der Waals surface area contributed by atoms with Crippen molar-refractivity contribution in [2.24, 2.45) is 7.05 Å². The number of alkyl halides is 3. The van der Waals surface area contributed by atoms with Crippen molar-refractivity contribution in [1.82, 2.24) is 9.55 Å². The number of benzene rings is 1. The number of H-pyrrole nitrogens is 1. The van der Waals surface area contributed by atoms with Gasteiger partial charge in [0, 0.05) is 29.6 Å². The van der Waals surface area contributed by atoms with Crippen LogP contribution in [0.3, 0.4) is 0 Å². The smallest absolute Gasteiger partial charge is 0.348 e. The maximum absolute atomic E-state index is 13.1. The second-order valence-corrected chi connectivity index (χ2v) is 5.23. The van der Waals surface area contributed by atoms with Crippen LogP contribution in [0.1, 0.15) is 16.8 Å². The zero-order valence-corrected chi connectivity index (χ0v) is 11.7. The molecule has 0 saturated carbocycles. The van der Waals surface area contributed by atoms with Gasteiger partial charge in [0.25, 0.3) is 0 Å². The molecule has 110 valence electrons. The topological polar surface area (TPSA) is 37.8 Å². The average Bonchev–Trinajstić information content (AvgIpc) is 2.60. The molecule has 0 bridgehead atoms. The molecule has 0 aliphatic heterocycles. The third-order valence-electron chi connectivity index (χ3n) is 4.08. The molecule has 0 unspecified atom stereocenters. The summed E-state index contributed by atoms with van der Waals surface area (Å²) in [6.07, 6.45) is -4.56. The minimum Gasteiger partial charge on any atom is -0.348 e. The second-order valence-electron chi connectivity index (χ2n) is 5.23. The molecule has 0 aliphatic rings. The number of aromatic amines is 1. The molecule has 2 aromatic heterocycles. The Morgan fingerprint density at radius 3 is 2.38 bits per heavy atom. The monoisotopic (exact) mass is 294 g/mol. The summed E-state index contributed by atoms with van der Waals surface area (Å²) in [6.45, 7) is 3.79. The van der Waals surface area contributed by atoms with Crippen molar-refractivity contribution in [2.45, 2.75) is 20.0 Å². The molecule has 2 heterocycles. The Morgan fingerprint density at radius 2 is 1.76 bits per heavy atom. The zero-order valence-electron chi connectivity index (χ0n) is 11.7. The molecular formula is C15H13F3N2O. The van der Waals surface area contributed by atoms with Crippen LogP contribution in [-0.2, 0) is 13.2 Å². The lowest BCUT2D eigenvalue weighted by atomic mass is 10.0. The molecular weight excluding hydrogens is 281 g/mol. The van der Waals surface area contributed by atoms with Crippen LogP contribution < -0.4 is 5.56 Å². The normalized spacial score (nSPS) is 12.5. The van der Waals surface area contributed by atoms with Gasteiger partial charge in [0.15, 0.2) is 0 Å². The van der Waals surface area contributed by atoms with Gasteiger partial charge < -0.3 is 9.55 Å². The first-order chi connectivity index (χ1) is 9.70. The zero-order chi connectivity index (χ0) is 15.5. The van der Waals surface area contributed by atoms with Gasteiger partial charge in [-0.15, -0.1) is 0 Å². The van der Waals surface area contributed by atoms with E-state index in [2.05, 4.69) is 4.98 Å². The second kappa shape index (κ2) is 4.13. The first-order valence-corrected chi connectivity index (χ1v) is 6.40. The molecule has 6 heteroatoms. The lowest BCUT2D eigenvalue weighted by Crippen LogP contribution is -2.13. The molecule has 0 saturated heterocycles. The van der Waals surface area contributed by atoms with E-state index in [9.17, 15) is 18.0 Å². The maximum atomic E-state index is 13.1. The fourth-order valence-corrected chi connectivity index (χ4v) is 2.73. The number of rotatable bonds is 0. The Kier molecular flexibility index (Phi) is 2.70. The van der Waals surface area contributed by atoms with Crippen LogP contribution in [-0.4, -0.2) is 9.55 Å². The predicted octanol–water partition coefficient (Wildman–Crippen LogP) is 3.66. The van der Waals surface area contributed by atoms with Crippen molar-refractivity contribution in [1.29, 1.82) is 0 Å². The highest BCUT2D eigenvalue weighted by molar-refractivity contribution is 5.99. The van der Waals surface area contributed by atoms with Gasteiger partial charge in [-0.1, -0.05) is 0 Å². The molecule has 0 amide bonds. The van der Waals surface area contributed by atoms with Crippen molar-refractivity contribution >= 4 is 21.8 Å². The van der Waals surface area contributed by atoms with Crippen molar-refractivity contribution in [3.05, 3.63) is 45.4 Å². The van der Waals surface area contributed by atoms with Crippen LogP contribution in [0.15, 0.2) is 23.0 Å². The van der Waals surface area contributed by atoms with Gasteiger partial charge in [-0.05, 0) is 31.5 Å². The highest BCUT2D eigenvalue weighted by Crippen LogP contribution is 2.36. The summed E-state index contributed by atoms with van der Waals surface area (Å²) >= 11 is 0. The Hall–Kier alpha value is -2.24. The number of hydrogen-bond donors (Lipinski definition) is 1. The van der Waals surface area contributed by atoms with Crippen molar-refractivity contribution < 1.29 is 13.2 Å². The molecule has 3 nitrogen and oxygen atoms in total. The summed E-state index contributed by atoms with van der Waals surface area (Å²) in [6, 6.07) is 3.71. The van der Waals surface area contributed by atoms with Crippen LogP contribution in [0.2, 0.25) is 0 Å². The lowest BCUT2D eigenvalue weighted by Gasteiger charge is -2.10. The number of nitrogens with one attached hydrogen (secondary N) is 1. The molecule has 21 heavy (non-hydrogen) atoms. The summed E-state index contributed by atoms with van der Waals surface area (Å²) in [7, 11) is 1.85. The Labute approximate surface area is 118 Å². The average molecular weight is 294 g/mol. The summed E-state index contributed by atoms with van der Waals surface area (Å²) in [5.41, 5.74) is 1.27. The number of aryl methyl sites for hydroxylation is 2. The molecule has 0 radical (unpaired) electrons. The van der Waals surface area contributed by atoms with Crippen molar-refractivity contribution in [2.75, 3.05) is 0 Å². The van der Waals surface area contributed by atoms with Crippen molar-refractivity contribution in [3.8, 4) is 0 Å². The third-order valence-corrected chi connectivity index (χ3v) is 4.08. The van der Waals surface area contributed by atoms with E-state index in [4.69, 9.17) is 0 Å². The van der Waals surface area contributed by atoms with Crippen LogP contribution in [0.4, 0.5) is 13.2 Å². The van der Waals surface area contributed by atoms with Gasteiger partial charge in [0.05, 0.1) is 16.6 Å². The third kappa shape index (κ3) is 1.93. The van der Waals surface area contributed by atoms with E-state index in [0.717, 1.165) is 22.2 Å². The molecule has 0 fully saturated rings. The highest BCUT2D eigenvalue weighted by Gasteiger charge is 2.33. The van der Waals surface area contributed by atoms with Crippen LogP contribution in [0.5, 0.6) is 0 Å². The van der Waals surface area contributed by atoms with Crippen LogP contribution in [0, 0.1) is 13.8 Å². The van der Waals surface area contributed by atoms with E-state index in [1.165, 1.54) is 6.07 Å². The molecule has 3 rings (SSSR count). The van der Waals surface area contributed by atoms with E-state index in [0.29, 0.717) is 6.07 Å². The number of aromatic nitrogens is 2. The van der Waals surface area contributed by atoms with Gasteiger partial charge >= 0.3 is 6.18 Å². The fourth-order valence-electron chi connectivity index (χ4n) is 2.73. The highest BCUT2D eigenvalue weighted by atomic mass is 19.4. The van der Waals surface area contributed by atoms with Gasteiger partial charge in [-0.25, -0.2) is 0 Å². The molecule has 3 aromatic rings. The van der Waals surface area contributed by atoms with E-state index < -0.39 is 17.3 Å². The SMILES string of the molecule is Cc1c(C)n(C)c2cc3[nH]c(=O)cc(C(F)(F)F)c3cc12.